The van der Waals surface area contributed by atoms with Gasteiger partial charge in [-0.3, -0.25) is 4.79 Å². The molecule has 0 fully saturated rings. The molecule has 6 heteroatoms. The summed E-state index contributed by atoms with van der Waals surface area (Å²) in [6.07, 6.45) is 1.99. The summed E-state index contributed by atoms with van der Waals surface area (Å²) in [5.41, 5.74) is 13.0. The molecule has 0 aliphatic heterocycles. The van der Waals surface area contributed by atoms with E-state index in [0.29, 0.717) is 16.4 Å². The van der Waals surface area contributed by atoms with E-state index in [-0.39, 0.29) is 5.56 Å². The second kappa shape index (κ2) is 6.07. The van der Waals surface area contributed by atoms with Crippen LogP contribution in [-0.4, -0.2) is 12.2 Å². The van der Waals surface area contributed by atoms with Gasteiger partial charge < -0.3 is 16.8 Å². The second-order valence-corrected chi connectivity index (χ2v) is 5.43. The minimum absolute atomic E-state index is 0.268. The zero-order valence-corrected chi connectivity index (χ0v) is 12.4. The van der Waals surface area contributed by atoms with Crippen LogP contribution >= 0.6 is 23.4 Å². The van der Waals surface area contributed by atoms with Crippen molar-refractivity contribution in [2.24, 2.45) is 5.73 Å². The van der Waals surface area contributed by atoms with E-state index < -0.39 is 5.91 Å². The minimum Gasteiger partial charge on any atom is -0.399 e. The molecule has 0 atom stereocenters. The summed E-state index contributed by atoms with van der Waals surface area (Å²) in [6.45, 7) is 0. The average Bonchev–Trinajstić information content (AvgIpc) is 2.41. The van der Waals surface area contributed by atoms with Gasteiger partial charge in [0.1, 0.15) is 0 Å². The first-order valence-electron chi connectivity index (χ1n) is 5.81. The summed E-state index contributed by atoms with van der Waals surface area (Å²) < 4.78 is 0. The molecule has 0 unspecified atom stereocenters. The van der Waals surface area contributed by atoms with Crippen LogP contribution in [0.5, 0.6) is 0 Å². The number of nitrogens with one attached hydrogen (secondary N) is 1. The van der Waals surface area contributed by atoms with Crippen LogP contribution < -0.4 is 16.8 Å². The molecule has 0 heterocycles. The maximum Gasteiger partial charge on any atom is 0.250 e. The highest BCUT2D eigenvalue weighted by atomic mass is 35.5. The van der Waals surface area contributed by atoms with E-state index in [4.69, 9.17) is 23.1 Å². The predicted molar refractivity (Wildman–Crippen MR) is 85.9 cm³/mol. The number of nitrogen functional groups attached to an aromatic ring is 1. The molecular formula is C14H14ClN3OS. The maximum absolute atomic E-state index is 11.5. The van der Waals surface area contributed by atoms with Crippen molar-refractivity contribution in [1.29, 1.82) is 0 Å². The van der Waals surface area contributed by atoms with Gasteiger partial charge in [0.25, 0.3) is 5.91 Å². The molecule has 5 N–H and O–H groups in total. The standard InChI is InChI=1S/C14H14ClN3OS/c1-20-10-4-2-3-9(7-10)18-13-11(14(17)19)5-8(16)6-12(13)15/h2-7,18H,16H2,1H3,(H2,17,19). The zero-order valence-electron chi connectivity index (χ0n) is 10.8. The molecule has 104 valence electrons. The lowest BCUT2D eigenvalue weighted by Gasteiger charge is -2.13. The molecule has 2 aromatic rings. The fourth-order valence-electron chi connectivity index (χ4n) is 1.79. The average molecular weight is 308 g/mol. The number of carbonyl (C=O) groups is 1. The van der Waals surface area contributed by atoms with Crippen molar-refractivity contribution in [3.05, 3.63) is 47.0 Å². The Bertz CT molecular complexity index is 661. The molecule has 4 nitrogen and oxygen atoms in total. The van der Waals surface area contributed by atoms with Crippen LogP contribution in [0.3, 0.4) is 0 Å². The molecule has 2 aromatic carbocycles. The third-order valence-electron chi connectivity index (χ3n) is 2.72. The predicted octanol–water partition coefficient (Wildman–Crippen LogP) is 3.49. The van der Waals surface area contributed by atoms with Crippen LogP contribution in [0.4, 0.5) is 17.1 Å². The Balaban J connectivity index is 2.44. The molecule has 0 saturated carbocycles. The molecule has 0 spiro atoms. The molecule has 1 amide bonds. The number of anilines is 3. The number of amides is 1. The van der Waals surface area contributed by atoms with E-state index in [1.54, 1.807) is 17.8 Å². The van der Waals surface area contributed by atoms with Crippen molar-refractivity contribution in [1.82, 2.24) is 0 Å². The van der Waals surface area contributed by atoms with E-state index in [1.807, 2.05) is 30.5 Å². The summed E-state index contributed by atoms with van der Waals surface area (Å²) in [6, 6.07) is 10.8. The molecule has 0 radical (unpaired) electrons. The van der Waals surface area contributed by atoms with Gasteiger partial charge in [-0.05, 0) is 36.6 Å². The van der Waals surface area contributed by atoms with Gasteiger partial charge in [0.05, 0.1) is 16.3 Å². The van der Waals surface area contributed by atoms with Gasteiger partial charge >= 0.3 is 0 Å². The van der Waals surface area contributed by atoms with Crippen LogP contribution in [-0.2, 0) is 0 Å². The van der Waals surface area contributed by atoms with Gasteiger partial charge in [-0.1, -0.05) is 17.7 Å². The Labute approximate surface area is 126 Å². The second-order valence-electron chi connectivity index (χ2n) is 4.15. The van der Waals surface area contributed by atoms with E-state index in [0.717, 1.165) is 10.6 Å². The number of hydrogen-bond donors (Lipinski definition) is 3. The number of primary amides is 1. The molecule has 0 aromatic heterocycles. The van der Waals surface area contributed by atoms with Crippen molar-refractivity contribution >= 4 is 46.3 Å². The fourth-order valence-corrected chi connectivity index (χ4v) is 2.53. The van der Waals surface area contributed by atoms with Crippen LogP contribution in [0.15, 0.2) is 41.3 Å². The largest absolute Gasteiger partial charge is 0.399 e. The molecule has 0 saturated heterocycles. The quantitative estimate of drug-likeness (QED) is 0.596. The van der Waals surface area contributed by atoms with Crippen molar-refractivity contribution < 1.29 is 4.79 Å². The highest BCUT2D eigenvalue weighted by Gasteiger charge is 2.13. The number of halogens is 1. The number of thioether (sulfide) groups is 1. The first kappa shape index (κ1) is 14.6. The summed E-state index contributed by atoms with van der Waals surface area (Å²) in [7, 11) is 0. The number of rotatable bonds is 4. The molecule has 0 aliphatic carbocycles. The lowest BCUT2D eigenvalue weighted by molar-refractivity contribution is 0.100. The first-order chi connectivity index (χ1) is 9.51. The fraction of sp³-hybridized carbons (Fsp3) is 0.0714. The Morgan fingerprint density at radius 2 is 2.05 bits per heavy atom. The Morgan fingerprint density at radius 3 is 2.70 bits per heavy atom. The number of nitrogens with two attached hydrogens (primary N) is 2. The summed E-state index contributed by atoms with van der Waals surface area (Å²) >= 11 is 7.77. The van der Waals surface area contributed by atoms with Gasteiger partial charge in [0, 0.05) is 16.3 Å². The molecule has 20 heavy (non-hydrogen) atoms. The number of carbonyl (C=O) groups excluding carboxylic acids is 1. The first-order valence-corrected chi connectivity index (χ1v) is 7.41. The Morgan fingerprint density at radius 1 is 1.30 bits per heavy atom. The number of hydrogen-bond acceptors (Lipinski definition) is 4. The third kappa shape index (κ3) is 3.18. The normalized spacial score (nSPS) is 10.3. The van der Waals surface area contributed by atoms with E-state index in [1.165, 1.54) is 6.07 Å². The monoisotopic (exact) mass is 307 g/mol. The zero-order chi connectivity index (χ0) is 14.7. The lowest BCUT2D eigenvalue weighted by Crippen LogP contribution is -2.14. The topological polar surface area (TPSA) is 81.1 Å². The Kier molecular flexibility index (Phi) is 4.42. The lowest BCUT2D eigenvalue weighted by atomic mass is 10.1. The van der Waals surface area contributed by atoms with Gasteiger partial charge in [0.2, 0.25) is 0 Å². The van der Waals surface area contributed by atoms with E-state index >= 15 is 0 Å². The van der Waals surface area contributed by atoms with Gasteiger partial charge in [-0.2, -0.15) is 0 Å². The van der Waals surface area contributed by atoms with Crippen molar-refractivity contribution in [3.63, 3.8) is 0 Å². The van der Waals surface area contributed by atoms with E-state index in [2.05, 4.69) is 5.32 Å². The van der Waals surface area contributed by atoms with Gasteiger partial charge in [0.15, 0.2) is 0 Å². The number of benzene rings is 2. The van der Waals surface area contributed by atoms with Crippen LogP contribution in [0, 0.1) is 0 Å². The summed E-state index contributed by atoms with van der Waals surface area (Å²) in [5, 5.41) is 3.48. The van der Waals surface area contributed by atoms with Crippen LogP contribution in [0.1, 0.15) is 10.4 Å². The highest BCUT2D eigenvalue weighted by molar-refractivity contribution is 7.98. The smallest absolute Gasteiger partial charge is 0.250 e. The van der Waals surface area contributed by atoms with Gasteiger partial charge in [-0.25, -0.2) is 0 Å². The van der Waals surface area contributed by atoms with Crippen molar-refractivity contribution in [2.75, 3.05) is 17.3 Å². The van der Waals surface area contributed by atoms with Crippen LogP contribution in [0.25, 0.3) is 0 Å². The highest BCUT2D eigenvalue weighted by Crippen LogP contribution is 2.32. The van der Waals surface area contributed by atoms with Crippen molar-refractivity contribution in [2.45, 2.75) is 4.90 Å². The summed E-state index contributed by atoms with van der Waals surface area (Å²) in [4.78, 5) is 12.6. The van der Waals surface area contributed by atoms with Gasteiger partial charge in [-0.15, -0.1) is 11.8 Å². The van der Waals surface area contributed by atoms with E-state index in [9.17, 15) is 4.79 Å². The third-order valence-corrected chi connectivity index (χ3v) is 3.74. The molecule has 0 aliphatic rings. The summed E-state index contributed by atoms with van der Waals surface area (Å²) in [5.74, 6) is -0.581. The minimum atomic E-state index is -0.581. The maximum atomic E-state index is 11.5. The molecular weight excluding hydrogens is 294 g/mol. The molecule has 2 rings (SSSR count). The van der Waals surface area contributed by atoms with Crippen molar-refractivity contribution in [3.8, 4) is 0 Å². The molecule has 0 bridgehead atoms. The Hall–Kier alpha value is -1.85. The SMILES string of the molecule is CSc1cccc(Nc2c(Cl)cc(N)cc2C(N)=O)c1. The van der Waals surface area contributed by atoms with Crippen LogP contribution in [0.2, 0.25) is 5.02 Å².